The molecule has 3 rings (SSSR count). The lowest BCUT2D eigenvalue weighted by Crippen LogP contribution is -2.45. The van der Waals surface area contributed by atoms with Crippen molar-refractivity contribution < 1.29 is 14.3 Å². The first kappa shape index (κ1) is 17.1. The second-order valence-electron chi connectivity index (χ2n) is 6.01. The van der Waals surface area contributed by atoms with Gasteiger partial charge in [0.2, 0.25) is 0 Å². The van der Waals surface area contributed by atoms with Gasteiger partial charge in [-0.2, -0.15) is 0 Å². The molecule has 0 bridgehead atoms. The van der Waals surface area contributed by atoms with Crippen LogP contribution >= 0.6 is 0 Å². The molecule has 6 nitrogen and oxygen atoms in total. The van der Waals surface area contributed by atoms with Crippen molar-refractivity contribution in [3.8, 4) is 11.5 Å². The number of nitrogen functional groups attached to an aromatic ring is 1. The number of rotatable bonds is 6. The van der Waals surface area contributed by atoms with Crippen LogP contribution in [0.3, 0.4) is 0 Å². The maximum Gasteiger partial charge on any atom is 0.269 e. The Hall–Kier alpha value is -2.76. The number of amides is 1. The molecule has 132 valence electrons. The first-order valence-electron chi connectivity index (χ1n) is 8.54. The summed E-state index contributed by atoms with van der Waals surface area (Å²) in [7, 11) is 0. The number of anilines is 2. The molecule has 0 aliphatic carbocycles. The summed E-state index contributed by atoms with van der Waals surface area (Å²) < 4.78 is 11.3. The molecule has 2 aromatic rings. The Kier molecular flexibility index (Phi) is 5.07. The van der Waals surface area contributed by atoms with Crippen molar-refractivity contribution in [3.05, 3.63) is 42.0 Å². The molecule has 1 amide bonds. The Labute approximate surface area is 147 Å². The third-order valence-corrected chi connectivity index (χ3v) is 4.16. The van der Waals surface area contributed by atoms with Crippen LogP contribution in [0, 0.1) is 0 Å². The average Bonchev–Trinajstić information content (AvgIpc) is 2.62. The monoisotopic (exact) mass is 341 g/mol. The zero-order valence-corrected chi connectivity index (χ0v) is 14.6. The van der Waals surface area contributed by atoms with Crippen molar-refractivity contribution >= 4 is 17.5 Å². The zero-order chi connectivity index (χ0) is 17.8. The third kappa shape index (κ3) is 3.84. The summed E-state index contributed by atoms with van der Waals surface area (Å²) in [5.41, 5.74) is 7.03. The summed E-state index contributed by atoms with van der Waals surface area (Å²) >= 11 is 0. The van der Waals surface area contributed by atoms with E-state index in [0.29, 0.717) is 37.0 Å². The van der Waals surface area contributed by atoms with Gasteiger partial charge in [0.1, 0.15) is 11.6 Å². The summed E-state index contributed by atoms with van der Waals surface area (Å²) in [5.74, 6) is 2.15. The molecule has 0 fully saturated rings. The van der Waals surface area contributed by atoms with Crippen LogP contribution in [0.15, 0.2) is 36.4 Å². The van der Waals surface area contributed by atoms with Gasteiger partial charge in [0.25, 0.3) is 5.91 Å². The van der Waals surface area contributed by atoms with Gasteiger partial charge < -0.3 is 15.2 Å². The van der Waals surface area contributed by atoms with Crippen molar-refractivity contribution in [2.45, 2.75) is 32.8 Å². The highest BCUT2D eigenvalue weighted by Crippen LogP contribution is 2.32. The van der Waals surface area contributed by atoms with E-state index in [0.717, 1.165) is 12.2 Å². The van der Waals surface area contributed by atoms with E-state index in [9.17, 15) is 4.79 Å². The molecule has 1 aromatic carbocycles. The molecular weight excluding hydrogens is 318 g/mol. The Morgan fingerprint density at radius 3 is 2.72 bits per heavy atom. The zero-order valence-electron chi connectivity index (χ0n) is 14.6. The van der Waals surface area contributed by atoms with Crippen LogP contribution in [0.4, 0.5) is 11.6 Å². The van der Waals surface area contributed by atoms with Gasteiger partial charge in [0.15, 0.2) is 17.7 Å². The summed E-state index contributed by atoms with van der Waals surface area (Å²) in [6.07, 6.45) is 1.16. The molecule has 1 aliphatic heterocycles. The summed E-state index contributed by atoms with van der Waals surface area (Å²) in [4.78, 5) is 18.3. The summed E-state index contributed by atoms with van der Waals surface area (Å²) in [6.45, 7) is 4.88. The third-order valence-electron chi connectivity index (χ3n) is 4.16. The minimum Gasteiger partial charge on any atom is -0.494 e. The lowest BCUT2D eigenvalue weighted by molar-refractivity contribution is -0.125. The molecule has 0 saturated carbocycles. The van der Waals surface area contributed by atoms with Crippen LogP contribution < -0.4 is 20.1 Å². The van der Waals surface area contributed by atoms with Crippen LogP contribution in [0.5, 0.6) is 11.5 Å². The molecule has 2 N–H and O–H groups in total. The highest BCUT2D eigenvalue weighted by atomic mass is 16.5. The molecule has 2 heterocycles. The summed E-state index contributed by atoms with van der Waals surface area (Å²) in [5, 5.41) is 0. The number of carbonyl (C=O) groups is 1. The largest absolute Gasteiger partial charge is 0.494 e. The van der Waals surface area contributed by atoms with Crippen LogP contribution in [0.25, 0.3) is 0 Å². The van der Waals surface area contributed by atoms with Gasteiger partial charge in [-0.3, -0.25) is 9.69 Å². The predicted octanol–water partition coefficient (Wildman–Crippen LogP) is 2.81. The van der Waals surface area contributed by atoms with Crippen molar-refractivity contribution in [2.75, 3.05) is 23.8 Å². The molecule has 25 heavy (non-hydrogen) atoms. The molecule has 1 aromatic heterocycles. The van der Waals surface area contributed by atoms with Crippen molar-refractivity contribution in [2.24, 2.45) is 0 Å². The highest BCUT2D eigenvalue weighted by molar-refractivity contribution is 5.98. The van der Waals surface area contributed by atoms with Crippen LogP contribution in [-0.2, 0) is 11.2 Å². The SMILES string of the molecule is CCc1ccc(OCCCN2C(=O)C(C)Oc3ccc(N)nc32)cc1. The highest BCUT2D eigenvalue weighted by Gasteiger charge is 2.32. The van der Waals surface area contributed by atoms with Gasteiger partial charge in [-0.25, -0.2) is 4.98 Å². The van der Waals surface area contributed by atoms with E-state index in [1.54, 1.807) is 24.0 Å². The fraction of sp³-hybridized carbons (Fsp3) is 0.368. The number of fused-ring (bicyclic) bond motifs is 1. The first-order chi connectivity index (χ1) is 12.1. The van der Waals surface area contributed by atoms with Gasteiger partial charge in [0.05, 0.1) is 6.61 Å². The van der Waals surface area contributed by atoms with E-state index < -0.39 is 6.10 Å². The van der Waals surface area contributed by atoms with E-state index in [-0.39, 0.29) is 5.91 Å². The minimum atomic E-state index is -0.527. The van der Waals surface area contributed by atoms with E-state index in [4.69, 9.17) is 15.2 Å². The van der Waals surface area contributed by atoms with E-state index >= 15 is 0 Å². The van der Waals surface area contributed by atoms with Crippen molar-refractivity contribution in [1.29, 1.82) is 0 Å². The fourth-order valence-electron chi connectivity index (χ4n) is 2.75. The van der Waals surface area contributed by atoms with Gasteiger partial charge in [0, 0.05) is 6.54 Å². The normalized spacial score (nSPS) is 16.3. The number of nitrogens with two attached hydrogens (primary N) is 1. The molecular formula is C19H23N3O3. The molecule has 1 atom stereocenters. The second kappa shape index (κ2) is 7.42. The Balaban J connectivity index is 1.60. The minimum absolute atomic E-state index is 0.113. The number of nitrogens with zero attached hydrogens (tertiary/aromatic N) is 2. The van der Waals surface area contributed by atoms with E-state index in [2.05, 4.69) is 24.0 Å². The van der Waals surface area contributed by atoms with Crippen LogP contribution in [0.2, 0.25) is 0 Å². The molecule has 1 unspecified atom stereocenters. The van der Waals surface area contributed by atoms with Gasteiger partial charge in [-0.15, -0.1) is 0 Å². The number of pyridine rings is 1. The number of carbonyl (C=O) groups excluding carboxylic acids is 1. The van der Waals surface area contributed by atoms with Crippen molar-refractivity contribution in [3.63, 3.8) is 0 Å². The second-order valence-corrected chi connectivity index (χ2v) is 6.01. The van der Waals surface area contributed by atoms with Crippen molar-refractivity contribution in [1.82, 2.24) is 4.98 Å². The van der Waals surface area contributed by atoms with Gasteiger partial charge >= 0.3 is 0 Å². The number of aryl methyl sites for hydroxylation is 1. The number of hydrogen-bond acceptors (Lipinski definition) is 5. The molecule has 1 aliphatic rings. The van der Waals surface area contributed by atoms with Crippen LogP contribution in [0.1, 0.15) is 25.8 Å². The molecule has 0 saturated heterocycles. The molecule has 6 heteroatoms. The lowest BCUT2D eigenvalue weighted by atomic mass is 10.2. The van der Waals surface area contributed by atoms with E-state index in [1.165, 1.54) is 5.56 Å². The fourth-order valence-corrected chi connectivity index (χ4v) is 2.75. The molecule has 0 spiro atoms. The predicted molar refractivity (Wildman–Crippen MR) is 97.0 cm³/mol. The topological polar surface area (TPSA) is 77.7 Å². The number of hydrogen-bond donors (Lipinski definition) is 1. The first-order valence-corrected chi connectivity index (χ1v) is 8.54. The van der Waals surface area contributed by atoms with Crippen LogP contribution in [-0.4, -0.2) is 30.1 Å². The number of ether oxygens (including phenoxy) is 2. The quantitative estimate of drug-likeness (QED) is 0.818. The Morgan fingerprint density at radius 1 is 1.24 bits per heavy atom. The van der Waals surface area contributed by atoms with Gasteiger partial charge in [-0.05, 0) is 49.6 Å². The van der Waals surface area contributed by atoms with Gasteiger partial charge in [-0.1, -0.05) is 19.1 Å². The summed E-state index contributed by atoms with van der Waals surface area (Å²) in [6, 6.07) is 11.5. The average molecular weight is 341 g/mol. The van der Waals surface area contributed by atoms with E-state index in [1.807, 2.05) is 12.1 Å². The smallest absolute Gasteiger partial charge is 0.269 e. The number of aromatic nitrogens is 1. The Morgan fingerprint density at radius 2 is 2.00 bits per heavy atom. The standard InChI is InChI=1S/C19H23N3O3/c1-3-14-5-7-15(8-6-14)24-12-4-11-22-18-16(9-10-17(20)21-18)25-13(2)19(22)23/h5-10,13H,3-4,11-12H2,1-2H3,(H2,20,21). The lowest BCUT2D eigenvalue weighted by Gasteiger charge is -2.32. The Bertz CT molecular complexity index is 746. The maximum absolute atomic E-state index is 12.4. The maximum atomic E-state index is 12.4. The molecule has 0 radical (unpaired) electrons. The number of benzene rings is 1.